The molecule has 0 saturated carbocycles. The second kappa shape index (κ2) is 9.29. The molecule has 0 aliphatic carbocycles. The summed E-state index contributed by atoms with van der Waals surface area (Å²) in [7, 11) is 0. The number of rotatable bonds is 8. The van der Waals surface area contributed by atoms with E-state index in [9.17, 15) is 4.79 Å². The van der Waals surface area contributed by atoms with Crippen LogP contribution in [0.5, 0.6) is 0 Å². The molecule has 0 aliphatic rings. The zero-order valence-electron chi connectivity index (χ0n) is 15.1. The average molecular weight is 383 g/mol. The van der Waals surface area contributed by atoms with Gasteiger partial charge in [0.05, 0.1) is 25.2 Å². The van der Waals surface area contributed by atoms with Crippen LogP contribution in [0.4, 0.5) is 0 Å². The summed E-state index contributed by atoms with van der Waals surface area (Å²) in [5.41, 5.74) is 1.81. The molecule has 7 nitrogen and oxygen atoms in total. The van der Waals surface area contributed by atoms with Crippen LogP contribution in [-0.2, 0) is 22.7 Å². The molecule has 27 heavy (non-hydrogen) atoms. The summed E-state index contributed by atoms with van der Waals surface area (Å²) in [6.45, 7) is 3.73. The fourth-order valence-electron chi connectivity index (χ4n) is 2.74. The molecule has 0 radical (unpaired) electrons. The van der Waals surface area contributed by atoms with Crippen LogP contribution in [0.3, 0.4) is 0 Å². The maximum Gasteiger partial charge on any atom is 0.307 e. The van der Waals surface area contributed by atoms with Gasteiger partial charge in [-0.15, -0.1) is 5.10 Å². The monoisotopic (exact) mass is 383 g/mol. The topological polar surface area (TPSA) is 73.1 Å². The highest BCUT2D eigenvalue weighted by atomic mass is 32.1. The van der Waals surface area contributed by atoms with E-state index in [1.54, 1.807) is 17.8 Å². The lowest BCUT2D eigenvalue weighted by molar-refractivity contribution is -0.143. The first-order chi connectivity index (χ1) is 13.2. The van der Waals surface area contributed by atoms with Crippen molar-refractivity contribution in [1.29, 1.82) is 0 Å². The van der Waals surface area contributed by atoms with Crippen LogP contribution < -0.4 is 0 Å². The Balaban J connectivity index is 1.80. The van der Waals surface area contributed by atoms with Crippen molar-refractivity contribution >= 4 is 29.1 Å². The smallest absolute Gasteiger partial charge is 0.307 e. The van der Waals surface area contributed by atoms with E-state index in [0.29, 0.717) is 37.4 Å². The van der Waals surface area contributed by atoms with Crippen molar-refractivity contribution in [3.8, 4) is 0 Å². The van der Waals surface area contributed by atoms with Gasteiger partial charge in [-0.3, -0.25) is 14.7 Å². The molecule has 3 rings (SSSR count). The van der Waals surface area contributed by atoms with Crippen molar-refractivity contribution in [2.24, 2.45) is 0 Å². The third-order valence-corrected chi connectivity index (χ3v) is 4.46. The number of hydrogen-bond acceptors (Lipinski definition) is 7. The van der Waals surface area contributed by atoms with Gasteiger partial charge in [-0.2, -0.15) is 0 Å². The Labute approximate surface area is 162 Å². The van der Waals surface area contributed by atoms with Gasteiger partial charge in [-0.05, 0) is 30.7 Å². The number of ether oxygens (including phenoxy) is 1. The highest BCUT2D eigenvalue weighted by Crippen LogP contribution is 2.12. The quantitative estimate of drug-likeness (QED) is 0.437. The van der Waals surface area contributed by atoms with E-state index in [0.717, 1.165) is 16.5 Å². The SMILES string of the molecule is CCOC(=O)CCN(Cc1cccnc1)Cn1nnc2ccccc2c1=S. The van der Waals surface area contributed by atoms with Crippen LogP contribution in [-0.4, -0.2) is 44.0 Å². The number of fused-ring (bicyclic) bond motifs is 1. The van der Waals surface area contributed by atoms with Gasteiger partial charge in [0.1, 0.15) is 4.64 Å². The average Bonchev–Trinajstić information content (AvgIpc) is 2.69. The van der Waals surface area contributed by atoms with Crippen LogP contribution in [0.15, 0.2) is 48.8 Å². The summed E-state index contributed by atoms with van der Waals surface area (Å²) in [6, 6.07) is 11.5. The van der Waals surface area contributed by atoms with E-state index in [2.05, 4.69) is 20.2 Å². The van der Waals surface area contributed by atoms with Crippen molar-refractivity contribution in [3.63, 3.8) is 0 Å². The Bertz CT molecular complexity index is 961. The minimum Gasteiger partial charge on any atom is -0.466 e. The van der Waals surface area contributed by atoms with Crippen molar-refractivity contribution in [2.75, 3.05) is 13.2 Å². The van der Waals surface area contributed by atoms with Crippen molar-refractivity contribution < 1.29 is 9.53 Å². The molecule has 0 aliphatic heterocycles. The number of esters is 1. The number of benzene rings is 1. The van der Waals surface area contributed by atoms with Crippen LogP contribution in [0.25, 0.3) is 10.9 Å². The molecule has 2 heterocycles. The van der Waals surface area contributed by atoms with Crippen molar-refractivity contribution in [2.45, 2.75) is 26.6 Å². The fraction of sp³-hybridized carbons (Fsp3) is 0.316. The van der Waals surface area contributed by atoms with Crippen LogP contribution in [0.2, 0.25) is 0 Å². The Hall–Kier alpha value is -2.71. The van der Waals surface area contributed by atoms with Gasteiger partial charge >= 0.3 is 5.97 Å². The Morgan fingerprint density at radius 3 is 2.89 bits per heavy atom. The second-order valence-electron chi connectivity index (χ2n) is 6.02. The summed E-state index contributed by atoms with van der Waals surface area (Å²) < 4.78 is 7.34. The van der Waals surface area contributed by atoms with Crippen molar-refractivity contribution in [1.82, 2.24) is 24.9 Å². The number of pyridine rings is 1. The molecule has 0 bridgehead atoms. The molecule has 0 fully saturated rings. The first-order valence-corrected chi connectivity index (χ1v) is 9.17. The van der Waals surface area contributed by atoms with E-state index in [1.807, 2.05) is 42.6 Å². The van der Waals surface area contributed by atoms with E-state index in [-0.39, 0.29) is 5.97 Å². The number of aromatic nitrogens is 4. The van der Waals surface area contributed by atoms with E-state index in [4.69, 9.17) is 17.0 Å². The molecule has 0 amide bonds. The van der Waals surface area contributed by atoms with Gasteiger partial charge in [0.25, 0.3) is 0 Å². The van der Waals surface area contributed by atoms with Crippen molar-refractivity contribution in [3.05, 3.63) is 59.0 Å². The molecule has 1 aromatic carbocycles. The second-order valence-corrected chi connectivity index (χ2v) is 6.41. The van der Waals surface area contributed by atoms with Crippen LogP contribution >= 0.6 is 12.2 Å². The Kier molecular flexibility index (Phi) is 6.56. The van der Waals surface area contributed by atoms with Gasteiger partial charge in [0, 0.05) is 30.9 Å². The molecule has 8 heteroatoms. The first kappa shape index (κ1) is 19.1. The number of nitrogens with zero attached hydrogens (tertiary/aromatic N) is 5. The van der Waals surface area contributed by atoms with E-state index >= 15 is 0 Å². The summed E-state index contributed by atoms with van der Waals surface area (Å²) in [5, 5.41) is 9.37. The molecule has 0 unspecified atom stereocenters. The summed E-state index contributed by atoms with van der Waals surface area (Å²) in [6.07, 6.45) is 3.84. The molecule has 0 spiro atoms. The van der Waals surface area contributed by atoms with Gasteiger partial charge in [-0.25, -0.2) is 4.68 Å². The predicted octanol–water partition coefficient (Wildman–Crippen LogP) is 2.97. The van der Waals surface area contributed by atoms with Gasteiger partial charge in [-0.1, -0.05) is 35.6 Å². The molecular formula is C19H21N5O2S. The van der Waals surface area contributed by atoms with Crippen LogP contribution in [0.1, 0.15) is 18.9 Å². The standard InChI is InChI=1S/C19H21N5O2S/c1-2-26-18(25)9-11-23(13-15-6-5-10-20-12-15)14-24-19(27)16-7-3-4-8-17(16)21-22-24/h3-8,10,12H,2,9,11,13-14H2,1H3. The third-order valence-electron chi connectivity index (χ3n) is 4.03. The maximum absolute atomic E-state index is 11.8. The summed E-state index contributed by atoms with van der Waals surface area (Å²) in [5.74, 6) is -0.220. The summed E-state index contributed by atoms with van der Waals surface area (Å²) >= 11 is 5.58. The van der Waals surface area contributed by atoms with Gasteiger partial charge < -0.3 is 4.74 Å². The maximum atomic E-state index is 11.8. The predicted molar refractivity (Wildman–Crippen MR) is 104 cm³/mol. The molecule has 0 saturated heterocycles. The lowest BCUT2D eigenvalue weighted by Gasteiger charge is -2.22. The molecule has 2 aromatic heterocycles. The Morgan fingerprint density at radius 1 is 1.26 bits per heavy atom. The van der Waals surface area contributed by atoms with Gasteiger partial charge in [0.15, 0.2) is 0 Å². The number of carbonyl (C=O) groups excluding carboxylic acids is 1. The zero-order valence-corrected chi connectivity index (χ0v) is 15.9. The van der Waals surface area contributed by atoms with E-state index in [1.165, 1.54) is 0 Å². The number of carbonyl (C=O) groups is 1. The molecular weight excluding hydrogens is 362 g/mol. The highest BCUT2D eigenvalue weighted by Gasteiger charge is 2.12. The lowest BCUT2D eigenvalue weighted by atomic mass is 10.2. The normalized spacial score (nSPS) is 11.0. The fourth-order valence-corrected chi connectivity index (χ4v) is 3.00. The zero-order chi connectivity index (χ0) is 19.1. The summed E-state index contributed by atoms with van der Waals surface area (Å²) in [4.78, 5) is 18.0. The number of hydrogen-bond donors (Lipinski definition) is 0. The first-order valence-electron chi connectivity index (χ1n) is 8.77. The highest BCUT2D eigenvalue weighted by molar-refractivity contribution is 7.71. The molecule has 0 atom stereocenters. The third kappa shape index (κ3) is 5.15. The molecule has 3 aromatic rings. The molecule has 140 valence electrons. The molecule has 0 N–H and O–H groups in total. The van der Waals surface area contributed by atoms with Gasteiger partial charge in [0.2, 0.25) is 0 Å². The van der Waals surface area contributed by atoms with E-state index < -0.39 is 0 Å². The lowest BCUT2D eigenvalue weighted by Crippen LogP contribution is -2.30. The minimum atomic E-state index is -0.220. The Morgan fingerprint density at radius 2 is 2.11 bits per heavy atom. The largest absolute Gasteiger partial charge is 0.466 e. The minimum absolute atomic E-state index is 0.220. The van der Waals surface area contributed by atoms with Crippen LogP contribution in [0, 0.1) is 4.64 Å².